The summed E-state index contributed by atoms with van der Waals surface area (Å²) in [6.07, 6.45) is 0.427. The van der Waals surface area contributed by atoms with Gasteiger partial charge in [0.1, 0.15) is 11.6 Å². The fourth-order valence-corrected chi connectivity index (χ4v) is 7.15. The molecule has 3 aliphatic rings. The molecule has 0 radical (unpaired) electrons. The molecule has 2 aromatic carbocycles. The monoisotopic (exact) mass is 525 g/mol. The molecular formula is C28H32ClN3O5. The molecule has 196 valence electrons. The predicted octanol–water partition coefficient (Wildman–Crippen LogP) is 3.08. The van der Waals surface area contributed by atoms with Crippen molar-refractivity contribution in [3.05, 3.63) is 64.7 Å². The van der Waals surface area contributed by atoms with Crippen molar-refractivity contribution < 1.29 is 24.2 Å². The number of aliphatic hydroxyl groups excluding tert-OH is 1. The highest BCUT2D eigenvalue weighted by Gasteiger charge is 2.80. The van der Waals surface area contributed by atoms with Gasteiger partial charge in [-0.2, -0.15) is 0 Å². The van der Waals surface area contributed by atoms with Crippen LogP contribution in [0.4, 0.5) is 5.69 Å². The molecule has 2 aromatic rings. The highest BCUT2D eigenvalue weighted by atomic mass is 35.5. The van der Waals surface area contributed by atoms with E-state index in [2.05, 4.69) is 10.6 Å². The molecule has 3 N–H and O–H groups in total. The van der Waals surface area contributed by atoms with E-state index in [0.717, 1.165) is 5.56 Å². The number of hydrogen-bond acceptors (Lipinski definition) is 5. The van der Waals surface area contributed by atoms with Gasteiger partial charge in [0, 0.05) is 7.05 Å². The Morgan fingerprint density at radius 3 is 2.51 bits per heavy atom. The van der Waals surface area contributed by atoms with E-state index in [9.17, 15) is 19.5 Å². The zero-order valence-corrected chi connectivity index (χ0v) is 22.1. The molecule has 0 aromatic heterocycles. The summed E-state index contributed by atoms with van der Waals surface area (Å²) in [5.74, 6) is -2.85. The van der Waals surface area contributed by atoms with Crippen LogP contribution in [0.25, 0.3) is 0 Å². The maximum absolute atomic E-state index is 14.3. The SMILES string of the molecule is CNC(=O)[C@@H]1[C@H]2C(=O)N([C@H](CO)c3ccccc3)C(C(=O)Nc3c(C)cccc3Cl)C23CC(C)[C@@]1(C)O3. The number of nitrogens with one attached hydrogen (secondary N) is 2. The Balaban J connectivity index is 1.66. The molecule has 2 bridgehead atoms. The molecule has 8 nitrogen and oxygen atoms in total. The number of carbonyl (C=O) groups excluding carboxylic acids is 3. The molecule has 3 saturated heterocycles. The summed E-state index contributed by atoms with van der Waals surface area (Å²) in [5, 5.41) is 16.5. The number of anilines is 1. The van der Waals surface area contributed by atoms with Gasteiger partial charge in [0.15, 0.2) is 0 Å². The summed E-state index contributed by atoms with van der Waals surface area (Å²) in [4.78, 5) is 43.1. The van der Waals surface area contributed by atoms with Crippen molar-refractivity contribution in [3.8, 4) is 0 Å². The van der Waals surface area contributed by atoms with Crippen molar-refractivity contribution >= 4 is 35.0 Å². The molecular weight excluding hydrogens is 494 g/mol. The number of hydrogen-bond donors (Lipinski definition) is 3. The average Bonchev–Trinajstić information content (AvgIpc) is 3.39. The Hall–Kier alpha value is -2.94. The van der Waals surface area contributed by atoms with Gasteiger partial charge in [-0.1, -0.05) is 61.0 Å². The van der Waals surface area contributed by atoms with Crippen LogP contribution in [0.15, 0.2) is 48.5 Å². The Morgan fingerprint density at radius 2 is 1.89 bits per heavy atom. The largest absolute Gasteiger partial charge is 0.394 e. The number of benzene rings is 2. The summed E-state index contributed by atoms with van der Waals surface area (Å²) >= 11 is 6.43. The third kappa shape index (κ3) is 3.60. The van der Waals surface area contributed by atoms with E-state index in [-0.39, 0.29) is 17.7 Å². The van der Waals surface area contributed by atoms with E-state index in [1.807, 2.05) is 57.2 Å². The Morgan fingerprint density at radius 1 is 1.19 bits per heavy atom. The Bertz CT molecular complexity index is 1240. The summed E-state index contributed by atoms with van der Waals surface area (Å²) in [6.45, 7) is 5.28. The maximum Gasteiger partial charge on any atom is 0.250 e. The average molecular weight is 526 g/mol. The number of amides is 3. The Labute approximate surface area is 221 Å². The van der Waals surface area contributed by atoms with Crippen molar-refractivity contribution in [2.45, 2.75) is 50.5 Å². The number of aliphatic hydroxyl groups is 1. The van der Waals surface area contributed by atoms with Gasteiger partial charge in [-0.05, 0) is 43.4 Å². The fourth-order valence-electron chi connectivity index (χ4n) is 6.88. The highest BCUT2D eigenvalue weighted by Crippen LogP contribution is 2.66. The van der Waals surface area contributed by atoms with Crippen molar-refractivity contribution in [2.75, 3.05) is 19.0 Å². The fraction of sp³-hybridized carbons (Fsp3) is 0.464. The van der Waals surface area contributed by atoms with E-state index in [0.29, 0.717) is 22.7 Å². The number of para-hydroxylation sites is 1. The normalized spacial score (nSPS) is 32.8. The molecule has 7 atom stereocenters. The van der Waals surface area contributed by atoms with E-state index >= 15 is 0 Å². The lowest BCUT2D eigenvalue weighted by Crippen LogP contribution is -2.55. The molecule has 5 rings (SSSR count). The van der Waals surface area contributed by atoms with Gasteiger partial charge in [-0.15, -0.1) is 0 Å². The predicted molar refractivity (Wildman–Crippen MR) is 139 cm³/mol. The van der Waals surface area contributed by atoms with Crippen LogP contribution in [0.3, 0.4) is 0 Å². The molecule has 9 heteroatoms. The number of fused-ring (bicyclic) bond motifs is 1. The summed E-state index contributed by atoms with van der Waals surface area (Å²) < 4.78 is 6.68. The minimum Gasteiger partial charge on any atom is -0.394 e. The van der Waals surface area contributed by atoms with Crippen molar-refractivity contribution in [1.82, 2.24) is 10.2 Å². The lowest BCUT2D eigenvalue weighted by Gasteiger charge is -2.37. The zero-order valence-electron chi connectivity index (χ0n) is 21.3. The van der Waals surface area contributed by atoms with Crippen LogP contribution in [0.2, 0.25) is 5.02 Å². The summed E-state index contributed by atoms with van der Waals surface area (Å²) in [6, 6.07) is 12.5. The van der Waals surface area contributed by atoms with Gasteiger partial charge in [0.2, 0.25) is 17.7 Å². The second-order valence-electron chi connectivity index (χ2n) is 10.6. The van der Waals surface area contributed by atoms with Crippen LogP contribution >= 0.6 is 11.6 Å². The second kappa shape index (κ2) is 9.11. The standard InChI is InChI=1S/C28H32ClN3O5/c1-15-9-8-12-18(29)22(15)31-25(35)23-28-13-16(2)27(3,37-28)20(24(34)30-4)21(28)26(36)32(23)19(14-33)17-10-6-5-7-11-17/h5-12,16,19-21,23,33H,13-14H2,1-4H3,(H,30,34)(H,31,35)/t16?,19-,20+,21+,23?,27-,28?/m1/s1. The molecule has 3 fully saturated rings. The topological polar surface area (TPSA) is 108 Å². The number of rotatable bonds is 6. The van der Waals surface area contributed by atoms with Crippen LogP contribution in [0.5, 0.6) is 0 Å². The van der Waals surface area contributed by atoms with Gasteiger partial charge >= 0.3 is 0 Å². The summed E-state index contributed by atoms with van der Waals surface area (Å²) in [5.41, 5.74) is -0.229. The lowest BCUT2D eigenvalue weighted by atomic mass is 9.62. The van der Waals surface area contributed by atoms with Gasteiger partial charge in [-0.25, -0.2) is 0 Å². The maximum atomic E-state index is 14.3. The van der Waals surface area contributed by atoms with Gasteiger partial charge in [0.05, 0.1) is 40.8 Å². The van der Waals surface area contributed by atoms with Gasteiger partial charge in [-0.3, -0.25) is 14.4 Å². The molecule has 1 spiro atoms. The van der Waals surface area contributed by atoms with Crippen molar-refractivity contribution in [3.63, 3.8) is 0 Å². The van der Waals surface area contributed by atoms with Crippen LogP contribution in [0, 0.1) is 24.7 Å². The van der Waals surface area contributed by atoms with E-state index in [4.69, 9.17) is 16.3 Å². The van der Waals surface area contributed by atoms with Gasteiger partial charge in [0.25, 0.3) is 0 Å². The lowest BCUT2D eigenvalue weighted by molar-refractivity contribution is -0.149. The number of nitrogens with zero attached hydrogens (tertiary/aromatic N) is 1. The molecule has 3 heterocycles. The minimum absolute atomic E-state index is 0.0829. The third-order valence-electron chi connectivity index (χ3n) is 8.69. The highest BCUT2D eigenvalue weighted by molar-refractivity contribution is 6.34. The Kier molecular flexibility index (Phi) is 6.33. The summed E-state index contributed by atoms with van der Waals surface area (Å²) in [7, 11) is 1.54. The van der Waals surface area contributed by atoms with E-state index < -0.39 is 47.6 Å². The van der Waals surface area contributed by atoms with Gasteiger partial charge < -0.3 is 25.4 Å². The minimum atomic E-state index is -1.23. The van der Waals surface area contributed by atoms with E-state index in [1.54, 1.807) is 12.1 Å². The molecule has 0 aliphatic carbocycles. The quantitative estimate of drug-likeness (QED) is 0.537. The molecule has 3 unspecified atom stereocenters. The number of aryl methyl sites for hydroxylation is 1. The number of likely N-dealkylation sites (tertiary alicyclic amines) is 1. The first-order valence-corrected chi connectivity index (χ1v) is 12.9. The second-order valence-corrected chi connectivity index (χ2v) is 11.0. The smallest absolute Gasteiger partial charge is 0.250 e. The van der Waals surface area contributed by atoms with Crippen LogP contribution in [0.1, 0.15) is 37.4 Å². The number of carbonyl (C=O) groups is 3. The van der Waals surface area contributed by atoms with E-state index in [1.165, 1.54) is 11.9 Å². The van der Waals surface area contributed by atoms with Crippen LogP contribution < -0.4 is 10.6 Å². The zero-order chi connectivity index (χ0) is 26.7. The molecule has 0 saturated carbocycles. The number of ether oxygens (including phenoxy) is 1. The third-order valence-corrected chi connectivity index (χ3v) is 9.01. The number of halogens is 1. The molecule has 3 amide bonds. The first kappa shape index (κ1) is 25.7. The first-order valence-electron chi connectivity index (χ1n) is 12.6. The van der Waals surface area contributed by atoms with Crippen LogP contribution in [-0.2, 0) is 19.1 Å². The first-order chi connectivity index (χ1) is 17.6. The van der Waals surface area contributed by atoms with Crippen molar-refractivity contribution in [1.29, 1.82) is 0 Å². The molecule has 37 heavy (non-hydrogen) atoms. The van der Waals surface area contributed by atoms with Crippen molar-refractivity contribution in [2.24, 2.45) is 17.8 Å². The van der Waals surface area contributed by atoms with Crippen LogP contribution in [-0.4, -0.2) is 58.6 Å². The molecule has 3 aliphatic heterocycles.